The molecule has 0 saturated heterocycles. The van der Waals surface area contributed by atoms with Gasteiger partial charge in [-0.2, -0.15) is 5.26 Å². The Hall–Kier alpha value is -3.33. The molecule has 2 aromatic rings. The number of benzene rings is 2. The van der Waals surface area contributed by atoms with Gasteiger partial charge in [-0.15, -0.1) is 0 Å². The van der Waals surface area contributed by atoms with Crippen LogP contribution in [0, 0.1) is 18.3 Å². The average molecular weight is 351 g/mol. The number of anilines is 2. The predicted octanol–water partition coefficient (Wildman–Crippen LogP) is 3.64. The summed E-state index contributed by atoms with van der Waals surface area (Å²) in [5, 5.41) is 13.9. The lowest BCUT2D eigenvalue weighted by Crippen LogP contribution is -2.16. The second kappa shape index (κ2) is 9.84. The molecular weight excluding hydrogens is 330 g/mol. The number of amides is 2. The quantitative estimate of drug-likeness (QED) is 0.710. The minimum atomic E-state index is -0.416. The molecule has 0 aliphatic carbocycles. The zero-order valence-corrected chi connectivity index (χ0v) is 14.6. The van der Waals surface area contributed by atoms with Crippen LogP contribution in [-0.4, -0.2) is 18.4 Å². The molecule has 0 unspecified atom stereocenters. The maximum absolute atomic E-state index is 12.1. The summed E-state index contributed by atoms with van der Waals surface area (Å²) in [6.45, 7) is 2.45. The summed E-state index contributed by atoms with van der Waals surface area (Å²) in [6.07, 6.45) is 0.633. The molecule has 2 N–H and O–H groups in total. The topological polar surface area (TPSA) is 91.2 Å². The van der Waals surface area contributed by atoms with Gasteiger partial charge in [-0.3, -0.25) is 9.59 Å². The molecule has 2 aromatic carbocycles. The van der Waals surface area contributed by atoms with Crippen LogP contribution in [0.4, 0.5) is 11.4 Å². The van der Waals surface area contributed by atoms with Crippen molar-refractivity contribution < 1.29 is 14.3 Å². The minimum absolute atomic E-state index is 0.167. The molecule has 0 bridgehead atoms. The summed E-state index contributed by atoms with van der Waals surface area (Å²) >= 11 is 0. The van der Waals surface area contributed by atoms with Crippen molar-refractivity contribution in [2.24, 2.45) is 0 Å². The predicted molar refractivity (Wildman–Crippen MR) is 99.8 cm³/mol. The summed E-state index contributed by atoms with van der Waals surface area (Å²) < 4.78 is 5.60. The summed E-state index contributed by atoms with van der Waals surface area (Å²) in [5.41, 5.74) is 2.14. The van der Waals surface area contributed by atoms with Crippen LogP contribution >= 0.6 is 0 Å². The van der Waals surface area contributed by atoms with E-state index >= 15 is 0 Å². The van der Waals surface area contributed by atoms with Gasteiger partial charge < -0.3 is 15.4 Å². The standard InChI is InChI=1S/C20H21N3O3/c1-15-8-10-16(11-9-15)26-14-4-7-19(24)22-17-5-2-3-6-18(17)23-20(25)12-13-21/h2-3,5-6,8-11H,4,7,12,14H2,1H3,(H,22,24)(H,23,25). The summed E-state index contributed by atoms with van der Waals surface area (Å²) in [7, 11) is 0. The van der Waals surface area contributed by atoms with Crippen molar-refractivity contribution in [3.63, 3.8) is 0 Å². The molecule has 0 atom stereocenters. The van der Waals surface area contributed by atoms with E-state index in [2.05, 4.69) is 10.6 Å². The number of nitrogens with zero attached hydrogens (tertiary/aromatic N) is 1. The van der Waals surface area contributed by atoms with Gasteiger partial charge in [0, 0.05) is 6.42 Å². The Bertz CT molecular complexity index is 795. The minimum Gasteiger partial charge on any atom is -0.494 e. The Kier molecular flexibility index (Phi) is 7.19. The molecule has 0 aromatic heterocycles. The fourth-order valence-electron chi connectivity index (χ4n) is 2.24. The highest BCUT2D eigenvalue weighted by atomic mass is 16.5. The fraction of sp³-hybridized carbons (Fsp3) is 0.250. The first-order chi connectivity index (χ1) is 12.6. The van der Waals surface area contributed by atoms with Gasteiger partial charge in [-0.25, -0.2) is 0 Å². The first-order valence-corrected chi connectivity index (χ1v) is 8.33. The molecule has 6 nitrogen and oxygen atoms in total. The summed E-state index contributed by atoms with van der Waals surface area (Å²) in [4.78, 5) is 23.7. The number of para-hydroxylation sites is 2. The fourth-order valence-corrected chi connectivity index (χ4v) is 2.24. The Labute approximate surface area is 152 Å². The van der Waals surface area contributed by atoms with E-state index in [1.54, 1.807) is 30.3 Å². The van der Waals surface area contributed by atoms with Gasteiger partial charge in [0.1, 0.15) is 12.2 Å². The number of rotatable bonds is 8. The third-order valence-electron chi connectivity index (χ3n) is 3.55. The van der Waals surface area contributed by atoms with Crippen LogP contribution in [0.15, 0.2) is 48.5 Å². The molecule has 134 valence electrons. The number of carbonyl (C=O) groups excluding carboxylic acids is 2. The van der Waals surface area contributed by atoms with Crippen LogP contribution < -0.4 is 15.4 Å². The van der Waals surface area contributed by atoms with Crippen LogP contribution in [0.5, 0.6) is 5.75 Å². The lowest BCUT2D eigenvalue weighted by molar-refractivity contribution is -0.117. The van der Waals surface area contributed by atoms with E-state index in [4.69, 9.17) is 10.00 Å². The van der Waals surface area contributed by atoms with Crippen molar-refractivity contribution in [1.82, 2.24) is 0 Å². The van der Waals surface area contributed by atoms with E-state index < -0.39 is 5.91 Å². The third-order valence-corrected chi connectivity index (χ3v) is 3.55. The first kappa shape index (κ1) is 19.0. The van der Waals surface area contributed by atoms with Gasteiger partial charge in [0.15, 0.2) is 0 Å². The molecule has 0 aliphatic heterocycles. The van der Waals surface area contributed by atoms with E-state index in [9.17, 15) is 9.59 Å². The lowest BCUT2D eigenvalue weighted by Gasteiger charge is -2.12. The Morgan fingerprint density at radius 3 is 2.23 bits per heavy atom. The molecule has 0 aliphatic rings. The highest BCUT2D eigenvalue weighted by molar-refractivity contribution is 5.99. The van der Waals surface area contributed by atoms with E-state index in [0.29, 0.717) is 30.8 Å². The van der Waals surface area contributed by atoms with Crippen molar-refractivity contribution in [1.29, 1.82) is 5.26 Å². The third kappa shape index (κ3) is 6.29. The molecule has 2 rings (SSSR count). The van der Waals surface area contributed by atoms with Gasteiger partial charge in [-0.05, 0) is 37.6 Å². The van der Waals surface area contributed by atoms with E-state index in [1.807, 2.05) is 31.2 Å². The van der Waals surface area contributed by atoms with Crippen molar-refractivity contribution in [2.45, 2.75) is 26.2 Å². The van der Waals surface area contributed by atoms with E-state index in [0.717, 1.165) is 11.3 Å². The van der Waals surface area contributed by atoms with Crippen LogP contribution in [0.1, 0.15) is 24.8 Å². The second-order valence-electron chi connectivity index (χ2n) is 5.74. The van der Waals surface area contributed by atoms with Crippen molar-refractivity contribution >= 4 is 23.2 Å². The zero-order valence-electron chi connectivity index (χ0n) is 14.6. The van der Waals surface area contributed by atoms with Crippen LogP contribution in [0.2, 0.25) is 0 Å². The van der Waals surface area contributed by atoms with Gasteiger partial charge in [0.2, 0.25) is 11.8 Å². The van der Waals surface area contributed by atoms with Crippen LogP contribution in [-0.2, 0) is 9.59 Å². The molecular formula is C20H21N3O3. The van der Waals surface area contributed by atoms with E-state index in [1.165, 1.54) is 0 Å². The number of hydrogen-bond acceptors (Lipinski definition) is 4. The monoisotopic (exact) mass is 351 g/mol. The van der Waals surface area contributed by atoms with Gasteiger partial charge in [0.25, 0.3) is 0 Å². The Balaban J connectivity index is 1.79. The summed E-state index contributed by atoms with van der Waals surface area (Å²) in [5.74, 6) is 0.196. The highest BCUT2D eigenvalue weighted by Gasteiger charge is 2.09. The Morgan fingerprint density at radius 2 is 1.62 bits per heavy atom. The Morgan fingerprint density at radius 1 is 1.00 bits per heavy atom. The summed E-state index contributed by atoms with van der Waals surface area (Å²) in [6, 6.07) is 16.4. The van der Waals surface area contributed by atoms with Crippen molar-refractivity contribution in [3.05, 3.63) is 54.1 Å². The largest absolute Gasteiger partial charge is 0.494 e. The number of carbonyl (C=O) groups is 2. The molecule has 0 radical (unpaired) electrons. The zero-order chi connectivity index (χ0) is 18.8. The normalized spacial score (nSPS) is 9.85. The molecule has 2 amide bonds. The lowest BCUT2D eigenvalue weighted by atomic mass is 10.2. The van der Waals surface area contributed by atoms with Crippen LogP contribution in [0.3, 0.4) is 0 Å². The second-order valence-corrected chi connectivity index (χ2v) is 5.74. The van der Waals surface area contributed by atoms with Gasteiger partial charge in [0.05, 0.1) is 24.1 Å². The van der Waals surface area contributed by atoms with Crippen LogP contribution in [0.25, 0.3) is 0 Å². The number of hydrogen-bond donors (Lipinski definition) is 2. The first-order valence-electron chi connectivity index (χ1n) is 8.33. The molecule has 6 heteroatoms. The van der Waals surface area contributed by atoms with Gasteiger partial charge >= 0.3 is 0 Å². The van der Waals surface area contributed by atoms with E-state index in [-0.39, 0.29) is 12.3 Å². The maximum atomic E-state index is 12.1. The van der Waals surface area contributed by atoms with Crippen molar-refractivity contribution in [3.8, 4) is 11.8 Å². The number of ether oxygens (including phenoxy) is 1. The number of nitrogens with one attached hydrogen (secondary N) is 2. The molecule has 0 spiro atoms. The maximum Gasteiger partial charge on any atom is 0.238 e. The molecule has 0 fully saturated rings. The SMILES string of the molecule is Cc1ccc(OCCCC(=O)Nc2ccccc2NC(=O)CC#N)cc1. The highest BCUT2D eigenvalue weighted by Crippen LogP contribution is 2.21. The average Bonchev–Trinajstić information content (AvgIpc) is 2.62. The van der Waals surface area contributed by atoms with Crippen molar-refractivity contribution in [2.75, 3.05) is 17.2 Å². The van der Waals surface area contributed by atoms with Gasteiger partial charge in [-0.1, -0.05) is 29.8 Å². The number of aryl methyl sites for hydroxylation is 1. The smallest absolute Gasteiger partial charge is 0.238 e. The number of nitriles is 1. The molecule has 0 heterocycles. The molecule has 26 heavy (non-hydrogen) atoms. The molecule has 0 saturated carbocycles.